The molecule has 1 aromatic rings. The predicted octanol–water partition coefficient (Wildman–Crippen LogP) is 1.61. The molecule has 3 heterocycles. The van der Waals surface area contributed by atoms with Gasteiger partial charge in [-0.25, -0.2) is 4.79 Å². The van der Waals surface area contributed by atoms with Crippen LogP contribution in [0.4, 0.5) is 4.79 Å². The van der Waals surface area contributed by atoms with Gasteiger partial charge in [0.15, 0.2) is 0 Å². The van der Waals surface area contributed by atoms with Crippen LogP contribution in [0.25, 0.3) is 0 Å². The van der Waals surface area contributed by atoms with Crippen molar-refractivity contribution in [2.45, 2.75) is 38.0 Å². The van der Waals surface area contributed by atoms with Crippen LogP contribution in [0.1, 0.15) is 24.8 Å². The Balaban J connectivity index is 1.33. The Kier molecular flexibility index (Phi) is 4.61. The minimum absolute atomic E-state index is 0.0159. The zero-order valence-electron chi connectivity index (χ0n) is 14.4. The second-order valence-electron chi connectivity index (χ2n) is 7.22. The first-order valence-corrected chi connectivity index (χ1v) is 9.21. The molecule has 3 fully saturated rings. The van der Waals surface area contributed by atoms with Crippen molar-refractivity contribution < 1.29 is 14.3 Å². The molecule has 3 aliphatic rings. The van der Waals surface area contributed by atoms with E-state index in [1.54, 1.807) is 4.90 Å². The van der Waals surface area contributed by atoms with Gasteiger partial charge >= 0.3 is 6.03 Å². The molecule has 0 radical (unpaired) electrons. The van der Waals surface area contributed by atoms with E-state index in [1.165, 1.54) is 0 Å². The van der Waals surface area contributed by atoms with Gasteiger partial charge in [-0.05, 0) is 24.8 Å². The topological polar surface area (TPSA) is 61.9 Å². The van der Waals surface area contributed by atoms with Gasteiger partial charge in [0.05, 0.1) is 18.1 Å². The molecule has 0 aliphatic carbocycles. The highest BCUT2D eigenvalue weighted by Gasteiger charge is 2.47. The van der Waals surface area contributed by atoms with Crippen molar-refractivity contribution in [1.29, 1.82) is 0 Å². The molecule has 134 valence electrons. The van der Waals surface area contributed by atoms with Crippen molar-refractivity contribution >= 4 is 11.9 Å². The number of likely N-dealkylation sites (tertiary alicyclic amines) is 2. The SMILES string of the molecule is O=C(NCc1ccccc1)N1C[C@H]2C[C@H](C(=O)N3CCCC3)[C@@H](C1)O2. The van der Waals surface area contributed by atoms with Crippen LogP contribution in [0.3, 0.4) is 0 Å². The minimum Gasteiger partial charge on any atom is -0.370 e. The van der Waals surface area contributed by atoms with E-state index < -0.39 is 0 Å². The lowest BCUT2D eigenvalue weighted by Gasteiger charge is -2.33. The Hall–Kier alpha value is -2.08. The summed E-state index contributed by atoms with van der Waals surface area (Å²) in [6, 6.07) is 9.80. The number of benzene rings is 1. The third-order valence-corrected chi connectivity index (χ3v) is 5.47. The molecule has 25 heavy (non-hydrogen) atoms. The number of nitrogens with zero attached hydrogens (tertiary/aromatic N) is 2. The fourth-order valence-electron chi connectivity index (χ4n) is 4.14. The molecule has 0 unspecified atom stereocenters. The number of rotatable bonds is 3. The number of morpholine rings is 1. The second-order valence-corrected chi connectivity index (χ2v) is 7.22. The van der Waals surface area contributed by atoms with Gasteiger partial charge in [-0.3, -0.25) is 4.79 Å². The van der Waals surface area contributed by atoms with Crippen LogP contribution in [0, 0.1) is 5.92 Å². The number of nitrogens with one attached hydrogen (secondary N) is 1. The van der Waals surface area contributed by atoms with Crippen molar-refractivity contribution in [2.24, 2.45) is 5.92 Å². The molecule has 4 rings (SSSR count). The Morgan fingerprint density at radius 1 is 1.08 bits per heavy atom. The average Bonchev–Trinajstić information content (AvgIpc) is 3.28. The number of carbonyl (C=O) groups is 2. The molecule has 6 nitrogen and oxygen atoms in total. The highest BCUT2D eigenvalue weighted by atomic mass is 16.5. The molecule has 3 saturated heterocycles. The van der Waals surface area contributed by atoms with Crippen LogP contribution in [-0.2, 0) is 16.1 Å². The molecule has 3 atom stereocenters. The van der Waals surface area contributed by atoms with Crippen LogP contribution in [0.15, 0.2) is 30.3 Å². The van der Waals surface area contributed by atoms with Gasteiger partial charge in [-0.15, -0.1) is 0 Å². The summed E-state index contributed by atoms with van der Waals surface area (Å²) in [5.41, 5.74) is 1.08. The van der Waals surface area contributed by atoms with Gasteiger partial charge in [0, 0.05) is 32.7 Å². The Morgan fingerprint density at radius 2 is 1.84 bits per heavy atom. The number of hydrogen-bond donors (Lipinski definition) is 1. The van der Waals surface area contributed by atoms with Crippen molar-refractivity contribution in [1.82, 2.24) is 15.1 Å². The van der Waals surface area contributed by atoms with Gasteiger partial charge in [-0.1, -0.05) is 30.3 Å². The lowest BCUT2D eigenvalue weighted by atomic mass is 9.99. The second kappa shape index (κ2) is 7.04. The van der Waals surface area contributed by atoms with E-state index >= 15 is 0 Å². The molecule has 2 bridgehead atoms. The third-order valence-electron chi connectivity index (χ3n) is 5.47. The van der Waals surface area contributed by atoms with Crippen LogP contribution >= 0.6 is 0 Å². The predicted molar refractivity (Wildman–Crippen MR) is 92.8 cm³/mol. The standard InChI is InChI=1S/C19H25N3O3/c23-18(21-8-4-5-9-21)16-10-15-12-22(13-17(16)25-15)19(24)20-11-14-6-2-1-3-7-14/h1-3,6-7,15-17H,4-5,8-13H2,(H,20,24)/t15-,16+,17-/m1/s1. The van der Waals surface area contributed by atoms with Gasteiger partial charge in [0.25, 0.3) is 0 Å². The molecule has 1 aromatic carbocycles. The van der Waals surface area contributed by atoms with Crippen LogP contribution in [0.5, 0.6) is 0 Å². The molecular weight excluding hydrogens is 318 g/mol. The Morgan fingerprint density at radius 3 is 2.60 bits per heavy atom. The highest BCUT2D eigenvalue weighted by Crippen LogP contribution is 2.33. The third kappa shape index (κ3) is 3.49. The number of amides is 3. The molecule has 0 saturated carbocycles. The van der Waals surface area contributed by atoms with E-state index in [2.05, 4.69) is 5.32 Å². The smallest absolute Gasteiger partial charge is 0.317 e. The summed E-state index contributed by atoms with van der Waals surface area (Å²) in [5, 5.41) is 2.97. The minimum atomic E-state index is -0.158. The Bertz CT molecular complexity index is 630. The zero-order chi connectivity index (χ0) is 17.2. The molecule has 3 amide bonds. The highest BCUT2D eigenvalue weighted by molar-refractivity contribution is 5.80. The molecular formula is C19H25N3O3. The number of fused-ring (bicyclic) bond motifs is 2. The molecule has 3 aliphatic heterocycles. The fourth-order valence-corrected chi connectivity index (χ4v) is 4.14. The fraction of sp³-hybridized carbons (Fsp3) is 0.579. The first-order valence-electron chi connectivity index (χ1n) is 9.21. The molecule has 0 spiro atoms. The maximum absolute atomic E-state index is 12.7. The van der Waals surface area contributed by atoms with E-state index in [0.717, 1.165) is 37.9 Å². The van der Waals surface area contributed by atoms with Crippen LogP contribution in [-0.4, -0.2) is 60.1 Å². The molecule has 0 aromatic heterocycles. The van der Waals surface area contributed by atoms with E-state index in [1.807, 2.05) is 35.2 Å². The van der Waals surface area contributed by atoms with Gasteiger partial charge in [0.2, 0.25) is 5.91 Å². The summed E-state index contributed by atoms with van der Waals surface area (Å²) >= 11 is 0. The largest absolute Gasteiger partial charge is 0.370 e. The lowest BCUT2D eigenvalue weighted by Crippen LogP contribution is -2.51. The maximum atomic E-state index is 12.7. The van der Waals surface area contributed by atoms with Gasteiger partial charge < -0.3 is 19.9 Å². The average molecular weight is 343 g/mol. The lowest BCUT2D eigenvalue weighted by molar-refractivity contribution is -0.137. The summed E-state index contributed by atoms with van der Waals surface area (Å²) < 4.78 is 5.96. The van der Waals surface area contributed by atoms with Gasteiger partial charge in [0.1, 0.15) is 0 Å². The van der Waals surface area contributed by atoms with E-state index in [9.17, 15) is 9.59 Å². The maximum Gasteiger partial charge on any atom is 0.317 e. The van der Waals surface area contributed by atoms with Crippen LogP contribution < -0.4 is 5.32 Å². The first-order chi connectivity index (χ1) is 12.2. The van der Waals surface area contributed by atoms with E-state index in [0.29, 0.717) is 19.6 Å². The first kappa shape index (κ1) is 16.4. The van der Waals surface area contributed by atoms with Crippen molar-refractivity contribution in [3.05, 3.63) is 35.9 Å². The Labute approximate surface area is 148 Å². The summed E-state index contributed by atoms with van der Waals surface area (Å²) in [4.78, 5) is 29.0. The van der Waals surface area contributed by atoms with Crippen LogP contribution in [0.2, 0.25) is 0 Å². The number of hydrogen-bond acceptors (Lipinski definition) is 3. The van der Waals surface area contributed by atoms with E-state index in [-0.39, 0.29) is 30.1 Å². The summed E-state index contributed by atoms with van der Waals surface area (Å²) in [6.45, 7) is 3.33. The van der Waals surface area contributed by atoms with Crippen molar-refractivity contribution in [2.75, 3.05) is 26.2 Å². The number of carbonyl (C=O) groups excluding carboxylic acids is 2. The molecule has 6 heteroatoms. The van der Waals surface area contributed by atoms with Gasteiger partial charge in [-0.2, -0.15) is 0 Å². The zero-order valence-corrected chi connectivity index (χ0v) is 14.4. The van der Waals surface area contributed by atoms with Crippen molar-refractivity contribution in [3.63, 3.8) is 0 Å². The van der Waals surface area contributed by atoms with E-state index in [4.69, 9.17) is 4.74 Å². The quantitative estimate of drug-likeness (QED) is 0.907. The summed E-state index contributed by atoms with van der Waals surface area (Å²) in [5.74, 6) is 0.131. The number of ether oxygens (including phenoxy) is 1. The summed E-state index contributed by atoms with van der Waals surface area (Å²) in [6.07, 6.45) is 2.76. The normalized spacial score (nSPS) is 28.2. The van der Waals surface area contributed by atoms with Crippen molar-refractivity contribution in [3.8, 4) is 0 Å². The summed E-state index contributed by atoms with van der Waals surface area (Å²) in [7, 11) is 0. The monoisotopic (exact) mass is 343 g/mol. The number of urea groups is 1. The molecule has 1 N–H and O–H groups in total.